The Hall–Kier alpha value is -0.610. The van der Waals surface area contributed by atoms with E-state index in [0.29, 0.717) is 12.5 Å². The van der Waals surface area contributed by atoms with E-state index in [0.717, 1.165) is 45.1 Å². The second-order valence-corrected chi connectivity index (χ2v) is 5.71. The van der Waals surface area contributed by atoms with Crippen molar-refractivity contribution in [2.45, 2.75) is 76.0 Å². The van der Waals surface area contributed by atoms with Crippen molar-refractivity contribution in [2.24, 2.45) is 0 Å². The van der Waals surface area contributed by atoms with Crippen LogP contribution in [0.4, 0.5) is 0 Å². The lowest BCUT2D eigenvalue weighted by molar-refractivity contribution is -0.121. The van der Waals surface area contributed by atoms with Crippen LogP contribution in [0.2, 0.25) is 0 Å². The Morgan fingerprint density at radius 1 is 1.11 bits per heavy atom. The fourth-order valence-corrected chi connectivity index (χ4v) is 2.59. The molecule has 2 rings (SSSR count). The van der Waals surface area contributed by atoms with Gasteiger partial charge in [-0.3, -0.25) is 4.79 Å². The van der Waals surface area contributed by atoms with Crippen molar-refractivity contribution in [1.82, 2.24) is 10.6 Å². The first-order chi connectivity index (χ1) is 8.75. The summed E-state index contributed by atoms with van der Waals surface area (Å²) in [6.07, 6.45) is 9.13. The number of nitrogens with one attached hydrogen (secondary N) is 2. The number of aliphatic hydroxyl groups is 1. The van der Waals surface area contributed by atoms with Gasteiger partial charge in [0.05, 0.1) is 6.10 Å². The SMILES string of the molecule is O=C(CCCNC1CCCCCC1O)NC1CC1. The quantitative estimate of drug-likeness (QED) is 0.495. The zero-order valence-corrected chi connectivity index (χ0v) is 11.2. The maximum Gasteiger partial charge on any atom is 0.220 e. The van der Waals surface area contributed by atoms with E-state index in [4.69, 9.17) is 0 Å². The van der Waals surface area contributed by atoms with Gasteiger partial charge in [-0.2, -0.15) is 0 Å². The van der Waals surface area contributed by atoms with Gasteiger partial charge in [0.25, 0.3) is 0 Å². The Balaban J connectivity index is 1.54. The Bertz CT molecular complexity index is 267. The van der Waals surface area contributed by atoms with Crippen LogP contribution >= 0.6 is 0 Å². The van der Waals surface area contributed by atoms with Crippen LogP contribution in [-0.2, 0) is 4.79 Å². The van der Waals surface area contributed by atoms with Gasteiger partial charge in [-0.05, 0) is 38.6 Å². The van der Waals surface area contributed by atoms with Gasteiger partial charge in [0.2, 0.25) is 5.91 Å². The van der Waals surface area contributed by atoms with E-state index in [9.17, 15) is 9.90 Å². The number of aliphatic hydroxyl groups excluding tert-OH is 1. The molecule has 0 saturated heterocycles. The topological polar surface area (TPSA) is 61.4 Å². The van der Waals surface area contributed by atoms with Gasteiger partial charge in [0.1, 0.15) is 0 Å². The highest BCUT2D eigenvalue weighted by atomic mass is 16.3. The minimum Gasteiger partial charge on any atom is -0.392 e. The van der Waals surface area contributed by atoms with Gasteiger partial charge in [-0.1, -0.05) is 19.3 Å². The summed E-state index contributed by atoms with van der Waals surface area (Å²) >= 11 is 0. The van der Waals surface area contributed by atoms with Crippen molar-refractivity contribution >= 4 is 5.91 Å². The molecule has 0 aromatic heterocycles. The molecule has 2 aliphatic rings. The molecule has 0 radical (unpaired) electrons. The van der Waals surface area contributed by atoms with E-state index in [2.05, 4.69) is 10.6 Å². The minimum atomic E-state index is -0.201. The second-order valence-electron chi connectivity index (χ2n) is 5.71. The third-order valence-corrected chi connectivity index (χ3v) is 3.91. The highest BCUT2D eigenvalue weighted by Crippen LogP contribution is 2.19. The van der Waals surface area contributed by atoms with E-state index in [1.54, 1.807) is 0 Å². The van der Waals surface area contributed by atoms with Crippen LogP contribution < -0.4 is 10.6 Å². The average molecular weight is 254 g/mol. The fraction of sp³-hybridized carbons (Fsp3) is 0.929. The summed E-state index contributed by atoms with van der Waals surface area (Å²) in [5.74, 6) is 0.181. The zero-order valence-electron chi connectivity index (χ0n) is 11.2. The van der Waals surface area contributed by atoms with E-state index in [1.807, 2.05) is 0 Å². The summed E-state index contributed by atoms with van der Waals surface area (Å²) in [6, 6.07) is 0.702. The number of amides is 1. The van der Waals surface area contributed by atoms with Crippen LogP contribution in [0.5, 0.6) is 0 Å². The number of hydrogen-bond donors (Lipinski definition) is 3. The number of rotatable bonds is 6. The Morgan fingerprint density at radius 3 is 2.67 bits per heavy atom. The van der Waals surface area contributed by atoms with Crippen molar-refractivity contribution < 1.29 is 9.90 Å². The molecular formula is C14H26N2O2. The Kier molecular flexibility index (Phi) is 5.45. The molecule has 18 heavy (non-hydrogen) atoms. The first-order valence-corrected chi connectivity index (χ1v) is 7.46. The molecule has 0 bridgehead atoms. The highest BCUT2D eigenvalue weighted by molar-refractivity contribution is 5.76. The molecule has 1 amide bonds. The Labute approximate surface area is 110 Å². The summed E-state index contributed by atoms with van der Waals surface area (Å²) in [7, 11) is 0. The monoisotopic (exact) mass is 254 g/mol. The molecule has 0 aromatic rings. The predicted molar refractivity (Wildman–Crippen MR) is 71.3 cm³/mol. The molecule has 0 spiro atoms. The van der Waals surface area contributed by atoms with E-state index in [-0.39, 0.29) is 18.1 Å². The first-order valence-electron chi connectivity index (χ1n) is 7.46. The molecule has 2 atom stereocenters. The molecule has 0 aromatic carbocycles. The van der Waals surface area contributed by atoms with Crippen LogP contribution in [0.15, 0.2) is 0 Å². The third-order valence-electron chi connectivity index (χ3n) is 3.91. The standard InChI is InChI=1S/C14H26N2O2/c17-13-6-3-1-2-5-12(13)15-10-4-7-14(18)16-11-8-9-11/h11-13,15,17H,1-10H2,(H,16,18). The lowest BCUT2D eigenvalue weighted by Gasteiger charge is -2.21. The van der Waals surface area contributed by atoms with Gasteiger partial charge < -0.3 is 15.7 Å². The van der Waals surface area contributed by atoms with E-state index >= 15 is 0 Å². The van der Waals surface area contributed by atoms with E-state index in [1.165, 1.54) is 12.8 Å². The molecule has 0 aliphatic heterocycles. The van der Waals surface area contributed by atoms with Gasteiger partial charge in [-0.25, -0.2) is 0 Å². The van der Waals surface area contributed by atoms with Gasteiger partial charge in [0.15, 0.2) is 0 Å². The van der Waals surface area contributed by atoms with Gasteiger partial charge in [0, 0.05) is 18.5 Å². The number of carbonyl (C=O) groups excluding carboxylic acids is 1. The van der Waals surface area contributed by atoms with Gasteiger partial charge in [-0.15, -0.1) is 0 Å². The lowest BCUT2D eigenvalue weighted by Crippen LogP contribution is -2.39. The molecule has 4 nitrogen and oxygen atoms in total. The third kappa shape index (κ3) is 4.94. The van der Waals surface area contributed by atoms with Crippen molar-refractivity contribution in [3.8, 4) is 0 Å². The molecule has 2 unspecified atom stereocenters. The van der Waals surface area contributed by atoms with Crippen LogP contribution in [0.1, 0.15) is 57.8 Å². The van der Waals surface area contributed by atoms with Crippen molar-refractivity contribution in [1.29, 1.82) is 0 Å². The zero-order chi connectivity index (χ0) is 12.8. The Morgan fingerprint density at radius 2 is 1.89 bits per heavy atom. The molecule has 2 aliphatic carbocycles. The normalized spacial score (nSPS) is 28.7. The van der Waals surface area contributed by atoms with Crippen LogP contribution in [0.25, 0.3) is 0 Å². The molecule has 3 N–H and O–H groups in total. The second kappa shape index (κ2) is 7.10. The molecule has 2 fully saturated rings. The summed E-state index contributed by atoms with van der Waals surface area (Å²) in [6.45, 7) is 0.833. The smallest absolute Gasteiger partial charge is 0.220 e. The summed E-state index contributed by atoms with van der Waals surface area (Å²) in [5, 5.41) is 16.3. The molecule has 104 valence electrons. The lowest BCUT2D eigenvalue weighted by atomic mass is 10.1. The van der Waals surface area contributed by atoms with Crippen LogP contribution in [0, 0.1) is 0 Å². The minimum absolute atomic E-state index is 0.181. The maximum atomic E-state index is 11.5. The van der Waals surface area contributed by atoms with Crippen molar-refractivity contribution in [3.63, 3.8) is 0 Å². The number of carbonyl (C=O) groups is 1. The van der Waals surface area contributed by atoms with Crippen molar-refractivity contribution in [2.75, 3.05) is 6.54 Å². The molecule has 2 saturated carbocycles. The molecule has 4 heteroatoms. The van der Waals surface area contributed by atoms with E-state index < -0.39 is 0 Å². The summed E-state index contributed by atoms with van der Waals surface area (Å²) in [5.41, 5.74) is 0. The summed E-state index contributed by atoms with van der Waals surface area (Å²) in [4.78, 5) is 11.5. The maximum absolute atomic E-state index is 11.5. The van der Waals surface area contributed by atoms with Crippen molar-refractivity contribution in [3.05, 3.63) is 0 Å². The van der Waals surface area contributed by atoms with Crippen LogP contribution in [-0.4, -0.2) is 35.7 Å². The fourth-order valence-electron chi connectivity index (χ4n) is 2.59. The van der Waals surface area contributed by atoms with Gasteiger partial charge >= 0.3 is 0 Å². The highest BCUT2D eigenvalue weighted by Gasteiger charge is 2.23. The largest absolute Gasteiger partial charge is 0.392 e. The molecular weight excluding hydrogens is 228 g/mol. The number of hydrogen-bond acceptors (Lipinski definition) is 3. The average Bonchev–Trinajstić information content (AvgIpc) is 3.15. The predicted octanol–water partition coefficient (Wildman–Crippen LogP) is 1.33. The molecule has 0 heterocycles. The summed E-state index contributed by atoms with van der Waals surface area (Å²) < 4.78 is 0. The van der Waals surface area contributed by atoms with Crippen LogP contribution in [0.3, 0.4) is 0 Å². The first kappa shape index (κ1) is 13.8.